The molecule has 0 bridgehead atoms. The van der Waals surface area contributed by atoms with Crippen molar-refractivity contribution in [3.8, 4) is 5.75 Å². The van der Waals surface area contributed by atoms with Crippen molar-refractivity contribution in [2.24, 2.45) is 5.73 Å². The maximum absolute atomic E-state index is 6.25. The van der Waals surface area contributed by atoms with Crippen LogP contribution in [0.4, 0.5) is 0 Å². The number of rotatable bonds is 3. The summed E-state index contributed by atoms with van der Waals surface area (Å²) in [5.41, 5.74) is 9.24. The van der Waals surface area contributed by atoms with Crippen LogP contribution < -0.4 is 10.5 Å². The van der Waals surface area contributed by atoms with E-state index in [0.717, 1.165) is 22.4 Å². The Hall–Kier alpha value is -1.22. The zero-order chi connectivity index (χ0) is 14.0. The summed E-state index contributed by atoms with van der Waals surface area (Å²) in [4.78, 5) is 0. The lowest BCUT2D eigenvalue weighted by Crippen LogP contribution is -2.12. The molecule has 0 saturated carbocycles. The van der Waals surface area contributed by atoms with E-state index in [1.807, 2.05) is 31.2 Å². The Kier molecular flexibility index (Phi) is 4.35. The third kappa shape index (κ3) is 3.03. The van der Waals surface area contributed by atoms with E-state index in [1.54, 1.807) is 19.2 Å². The molecular formula is C15H15Cl2NO. The zero-order valence-electron chi connectivity index (χ0n) is 10.8. The van der Waals surface area contributed by atoms with Gasteiger partial charge in [-0.2, -0.15) is 0 Å². The second kappa shape index (κ2) is 5.83. The van der Waals surface area contributed by atoms with Gasteiger partial charge in [0.2, 0.25) is 0 Å². The Balaban J connectivity index is 2.35. The van der Waals surface area contributed by atoms with Crippen molar-refractivity contribution in [3.63, 3.8) is 0 Å². The molecular weight excluding hydrogens is 281 g/mol. The molecule has 0 spiro atoms. The summed E-state index contributed by atoms with van der Waals surface area (Å²) in [6.07, 6.45) is 0. The summed E-state index contributed by atoms with van der Waals surface area (Å²) in [6.45, 7) is 1.99. The van der Waals surface area contributed by atoms with Gasteiger partial charge in [-0.05, 0) is 41.8 Å². The van der Waals surface area contributed by atoms with Crippen molar-refractivity contribution < 1.29 is 4.74 Å². The van der Waals surface area contributed by atoms with E-state index in [0.29, 0.717) is 10.0 Å². The maximum atomic E-state index is 6.25. The van der Waals surface area contributed by atoms with E-state index >= 15 is 0 Å². The van der Waals surface area contributed by atoms with Crippen LogP contribution in [0, 0.1) is 6.92 Å². The predicted octanol–water partition coefficient (Wildman–Crippen LogP) is 4.36. The summed E-state index contributed by atoms with van der Waals surface area (Å²) in [5, 5.41) is 1.04. The molecule has 100 valence electrons. The molecule has 19 heavy (non-hydrogen) atoms. The van der Waals surface area contributed by atoms with Crippen LogP contribution in [0.3, 0.4) is 0 Å². The van der Waals surface area contributed by atoms with Gasteiger partial charge in [-0.3, -0.25) is 0 Å². The van der Waals surface area contributed by atoms with Gasteiger partial charge in [-0.1, -0.05) is 41.4 Å². The van der Waals surface area contributed by atoms with Gasteiger partial charge in [0.15, 0.2) is 0 Å². The Morgan fingerprint density at radius 3 is 2.21 bits per heavy atom. The van der Waals surface area contributed by atoms with Crippen molar-refractivity contribution in [2.45, 2.75) is 13.0 Å². The van der Waals surface area contributed by atoms with Crippen LogP contribution in [-0.2, 0) is 0 Å². The monoisotopic (exact) mass is 295 g/mol. The van der Waals surface area contributed by atoms with Gasteiger partial charge < -0.3 is 10.5 Å². The lowest BCUT2D eigenvalue weighted by Gasteiger charge is -2.15. The van der Waals surface area contributed by atoms with Crippen LogP contribution in [-0.4, -0.2) is 7.11 Å². The molecule has 2 aromatic rings. The predicted molar refractivity (Wildman–Crippen MR) is 80.2 cm³/mol. The average molecular weight is 296 g/mol. The van der Waals surface area contributed by atoms with Gasteiger partial charge in [0.1, 0.15) is 5.75 Å². The first-order chi connectivity index (χ1) is 9.02. The second-order valence-electron chi connectivity index (χ2n) is 4.38. The molecule has 0 aliphatic heterocycles. The van der Waals surface area contributed by atoms with Gasteiger partial charge in [-0.15, -0.1) is 0 Å². The molecule has 0 radical (unpaired) electrons. The highest BCUT2D eigenvalue weighted by atomic mass is 35.5. The minimum atomic E-state index is -0.237. The number of nitrogens with two attached hydrogens (primary N) is 1. The topological polar surface area (TPSA) is 35.2 Å². The molecule has 1 unspecified atom stereocenters. The van der Waals surface area contributed by atoms with Crippen LogP contribution in [0.15, 0.2) is 36.4 Å². The molecule has 0 heterocycles. The van der Waals surface area contributed by atoms with Crippen molar-refractivity contribution in [1.29, 1.82) is 0 Å². The third-order valence-corrected chi connectivity index (χ3v) is 3.82. The molecule has 2 aromatic carbocycles. The first kappa shape index (κ1) is 14.2. The Bertz CT molecular complexity index is 599. The second-order valence-corrected chi connectivity index (χ2v) is 5.19. The standard InChI is InChI=1S/C15H15Cl2NO/c1-9-7-10(4-6-14(9)19-2)15(18)11-3-5-12(16)13(17)8-11/h3-8,15H,18H2,1-2H3. The average Bonchev–Trinajstić information content (AvgIpc) is 2.41. The normalized spacial score (nSPS) is 12.3. The molecule has 0 amide bonds. The Morgan fingerprint density at radius 1 is 1.00 bits per heavy atom. The summed E-state index contributed by atoms with van der Waals surface area (Å²) in [6, 6.07) is 11.1. The first-order valence-electron chi connectivity index (χ1n) is 5.88. The number of hydrogen-bond acceptors (Lipinski definition) is 2. The van der Waals surface area contributed by atoms with E-state index in [4.69, 9.17) is 33.7 Å². The lowest BCUT2D eigenvalue weighted by atomic mass is 9.98. The van der Waals surface area contributed by atoms with Gasteiger partial charge in [0.05, 0.1) is 23.2 Å². The largest absolute Gasteiger partial charge is 0.496 e. The number of ether oxygens (including phenoxy) is 1. The SMILES string of the molecule is COc1ccc(C(N)c2ccc(Cl)c(Cl)c2)cc1C. The van der Waals surface area contributed by atoms with Crippen molar-refractivity contribution in [2.75, 3.05) is 7.11 Å². The van der Waals surface area contributed by atoms with Gasteiger partial charge in [0, 0.05) is 0 Å². The molecule has 4 heteroatoms. The highest BCUT2D eigenvalue weighted by Gasteiger charge is 2.12. The highest BCUT2D eigenvalue weighted by molar-refractivity contribution is 6.42. The van der Waals surface area contributed by atoms with Crippen LogP contribution in [0.1, 0.15) is 22.7 Å². The fraction of sp³-hybridized carbons (Fsp3) is 0.200. The smallest absolute Gasteiger partial charge is 0.121 e. The first-order valence-corrected chi connectivity index (χ1v) is 6.63. The van der Waals surface area contributed by atoms with E-state index in [9.17, 15) is 0 Å². The van der Waals surface area contributed by atoms with Crippen LogP contribution >= 0.6 is 23.2 Å². The number of hydrogen-bond donors (Lipinski definition) is 1. The van der Waals surface area contributed by atoms with Gasteiger partial charge in [-0.25, -0.2) is 0 Å². The number of aryl methyl sites for hydroxylation is 1. The quantitative estimate of drug-likeness (QED) is 0.913. The summed E-state index contributed by atoms with van der Waals surface area (Å²) in [5.74, 6) is 0.852. The maximum Gasteiger partial charge on any atom is 0.121 e. The molecule has 0 fully saturated rings. The Morgan fingerprint density at radius 2 is 1.63 bits per heavy atom. The van der Waals surface area contributed by atoms with Crippen molar-refractivity contribution >= 4 is 23.2 Å². The van der Waals surface area contributed by atoms with Gasteiger partial charge >= 0.3 is 0 Å². The van der Waals surface area contributed by atoms with E-state index in [-0.39, 0.29) is 6.04 Å². The molecule has 1 atom stereocenters. The highest BCUT2D eigenvalue weighted by Crippen LogP contribution is 2.29. The fourth-order valence-corrected chi connectivity index (χ4v) is 2.30. The van der Waals surface area contributed by atoms with E-state index < -0.39 is 0 Å². The molecule has 2 rings (SSSR count). The summed E-state index contributed by atoms with van der Waals surface area (Å²) in [7, 11) is 1.65. The van der Waals surface area contributed by atoms with E-state index in [1.165, 1.54) is 0 Å². The minimum absolute atomic E-state index is 0.237. The van der Waals surface area contributed by atoms with Crippen molar-refractivity contribution in [3.05, 3.63) is 63.1 Å². The number of methoxy groups -OCH3 is 1. The van der Waals surface area contributed by atoms with Crippen LogP contribution in [0.25, 0.3) is 0 Å². The third-order valence-electron chi connectivity index (χ3n) is 3.08. The lowest BCUT2D eigenvalue weighted by molar-refractivity contribution is 0.411. The Labute approximate surface area is 123 Å². The molecule has 2 nitrogen and oxygen atoms in total. The fourth-order valence-electron chi connectivity index (χ4n) is 1.99. The minimum Gasteiger partial charge on any atom is -0.496 e. The molecule has 0 aliphatic carbocycles. The van der Waals surface area contributed by atoms with Crippen LogP contribution in [0.5, 0.6) is 5.75 Å². The van der Waals surface area contributed by atoms with Crippen LogP contribution in [0.2, 0.25) is 10.0 Å². The molecule has 0 aliphatic rings. The number of benzene rings is 2. The number of halogens is 2. The van der Waals surface area contributed by atoms with E-state index in [2.05, 4.69) is 0 Å². The van der Waals surface area contributed by atoms with Crippen molar-refractivity contribution in [1.82, 2.24) is 0 Å². The molecule has 0 aromatic heterocycles. The molecule has 0 saturated heterocycles. The van der Waals surface area contributed by atoms with Gasteiger partial charge in [0.25, 0.3) is 0 Å². The summed E-state index contributed by atoms with van der Waals surface area (Å²) < 4.78 is 5.24. The molecule has 2 N–H and O–H groups in total. The summed E-state index contributed by atoms with van der Waals surface area (Å²) >= 11 is 11.9. The zero-order valence-corrected chi connectivity index (χ0v) is 12.3.